The molecule has 1 aromatic rings. The summed E-state index contributed by atoms with van der Waals surface area (Å²) in [5, 5.41) is 9.72. The van der Waals surface area contributed by atoms with Gasteiger partial charge in [0.05, 0.1) is 6.61 Å². The molecule has 174 valence electrons. The SMILES string of the molecule is CCCN(C)C[C@@H]1Oc2cc(C#CCC(C)C)ccc2S(=O)(=O)N([C@H](C)CO)C[C@@H]1C. The minimum atomic E-state index is -3.81. The molecule has 0 spiro atoms. The van der Waals surface area contributed by atoms with Crippen LogP contribution in [0.1, 0.15) is 53.0 Å². The van der Waals surface area contributed by atoms with E-state index in [0.29, 0.717) is 24.8 Å². The molecule has 1 aliphatic heterocycles. The molecule has 0 unspecified atom stereocenters. The first-order valence-electron chi connectivity index (χ1n) is 11.2. The van der Waals surface area contributed by atoms with E-state index >= 15 is 0 Å². The molecule has 1 aliphatic rings. The molecule has 0 aliphatic carbocycles. The molecule has 0 aromatic heterocycles. The van der Waals surface area contributed by atoms with Crippen LogP contribution in [-0.2, 0) is 10.0 Å². The molecule has 0 saturated heterocycles. The number of hydrogen-bond acceptors (Lipinski definition) is 5. The maximum absolute atomic E-state index is 13.5. The van der Waals surface area contributed by atoms with Crippen LogP contribution in [0.5, 0.6) is 5.75 Å². The molecular weight excluding hydrogens is 412 g/mol. The van der Waals surface area contributed by atoms with Gasteiger partial charge in [-0.1, -0.05) is 39.5 Å². The van der Waals surface area contributed by atoms with Crippen LogP contribution in [-0.4, -0.2) is 68.2 Å². The van der Waals surface area contributed by atoms with Gasteiger partial charge in [-0.3, -0.25) is 0 Å². The first-order valence-corrected chi connectivity index (χ1v) is 12.6. The number of fused-ring (bicyclic) bond motifs is 1. The molecule has 0 fully saturated rings. The topological polar surface area (TPSA) is 70.1 Å². The van der Waals surface area contributed by atoms with E-state index in [1.54, 1.807) is 25.1 Å². The summed E-state index contributed by atoms with van der Waals surface area (Å²) in [6, 6.07) is 4.55. The van der Waals surface area contributed by atoms with Gasteiger partial charge in [-0.05, 0) is 51.1 Å². The van der Waals surface area contributed by atoms with Crippen molar-refractivity contribution >= 4 is 10.0 Å². The highest BCUT2D eigenvalue weighted by Gasteiger charge is 2.38. The highest BCUT2D eigenvalue weighted by molar-refractivity contribution is 7.89. The summed E-state index contributed by atoms with van der Waals surface area (Å²) in [7, 11) is -1.76. The summed E-state index contributed by atoms with van der Waals surface area (Å²) in [6.07, 6.45) is 1.63. The summed E-state index contributed by atoms with van der Waals surface area (Å²) in [4.78, 5) is 2.35. The second-order valence-electron chi connectivity index (χ2n) is 9.06. The number of hydrogen-bond donors (Lipinski definition) is 1. The molecule has 1 heterocycles. The Balaban J connectivity index is 2.52. The number of likely N-dealkylation sites (N-methyl/N-ethyl adjacent to an activating group) is 1. The normalized spacial score (nSPS) is 22.1. The standard InChI is InChI=1S/C24H38N2O4S/c1-7-13-25(6)16-23-19(4)15-26(20(5)17-27)31(28,29)24-12-11-21(14-22(24)30-23)10-8-9-18(2)3/h11-12,14,18-20,23,27H,7,9,13,15-17H2,1-6H3/t19-,20+,23-/m0/s1. The largest absolute Gasteiger partial charge is 0.487 e. The smallest absolute Gasteiger partial charge is 0.247 e. The molecule has 31 heavy (non-hydrogen) atoms. The van der Waals surface area contributed by atoms with Crippen molar-refractivity contribution < 1.29 is 18.3 Å². The van der Waals surface area contributed by atoms with Gasteiger partial charge in [0.2, 0.25) is 10.0 Å². The molecule has 0 bridgehead atoms. The van der Waals surface area contributed by atoms with Crippen molar-refractivity contribution in [2.24, 2.45) is 11.8 Å². The molecule has 0 radical (unpaired) electrons. The zero-order chi connectivity index (χ0) is 23.2. The molecule has 1 aromatic carbocycles. The van der Waals surface area contributed by atoms with Gasteiger partial charge < -0.3 is 14.7 Å². The Morgan fingerprint density at radius 1 is 1.32 bits per heavy atom. The Kier molecular flexibility index (Phi) is 9.38. The predicted molar refractivity (Wildman–Crippen MR) is 125 cm³/mol. The highest BCUT2D eigenvalue weighted by Crippen LogP contribution is 2.34. The van der Waals surface area contributed by atoms with E-state index in [2.05, 4.69) is 44.6 Å². The minimum Gasteiger partial charge on any atom is -0.487 e. The zero-order valence-corrected chi connectivity index (χ0v) is 20.6. The van der Waals surface area contributed by atoms with Crippen molar-refractivity contribution in [2.75, 3.05) is 33.3 Å². The van der Waals surface area contributed by atoms with Crippen molar-refractivity contribution in [1.29, 1.82) is 0 Å². The molecule has 7 heteroatoms. The van der Waals surface area contributed by atoms with Crippen LogP contribution in [0.3, 0.4) is 0 Å². The van der Waals surface area contributed by atoms with Crippen molar-refractivity contribution in [3.05, 3.63) is 23.8 Å². The maximum Gasteiger partial charge on any atom is 0.247 e. The van der Waals surface area contributed by atoms with Gasteiger partial charge in [0.1, 0.15) is 16.7 Å². The molecular formula is C24H38N2O4S. The number of ether oxygens (including phenoxy) is 1. The Morgan fingerprint density at radius 3 is 2.65 bits per heavy atom. The summed E-state index contributed by atoms with van der Waals surface area (Å²) < 4.78 is 34.7. The second kappa shape index (κ2) is 11.3. The van der Waals surface area contributed by atoms with Gasteiger partial charge in [0, 0.05) is 37.0 Å². The fourth-order valence-corrected chi connectivity index (χ4v) is 5.48. The third-order valence-electron chi connectivity index (χ3n) is 5.51. The summed E-state index contributed by atoms with van der Waals surface area (Å²) in [6.45, 7) is 11.8. The van der Waals surface area contributed by atoms with E-state index < -0.39 is 16.1 Å². The molecule has 3 atom stereocenters. The second-order valence-corrected chi connectivity index (χ2v) is 10.9. The summed E-state index contributed by atoms with van der Waals surface area (Å²) in [5.41, 5.74) is 0.741. The van der Waals surface area contributed by atoms with Crippen LogP contribution in [0, 0.1) is 23.7 Å². The Morgan fingerprint density at radius 2 is 2.03 bits per heavy atom. The van der Waals surface area contributed by atoms with Crippen molar-refractivity contribution in [3.63, 3.8) is 0 Å². The number of benzene rings is 1. The molecule has 6 nitrogen and oxygen atoms in total. The van der Waals surface area contributed by atoms with Crippen LogP contribution in [0.2, 0.25) is 0 Å². The van der Waals surface area contributed by atoms with Crippen molar-refractivity contribution in [1.82, 2.24) is 9.21 Å². The van der Waals surface area contributed by atoms with E-state index in [1.807, 2.05) is 6.92 Å². The number of aliphatic hydroxyl groups is 1. The van der Waals surface area contributed by atoms with Gasteiger partial charge in [0.25, 0.3) is 0 Å². The fourth-order valence-electron chi connectivity index (χ4n) is 3.66. The van der Waals surface area contributed by atoms with Gasteiger partial charge in [-0.2, -0.15) is 4.31 Å². The van der Waals surface area contributed by atoms with Gasteiger partial charge >= 0.3 is 0 Å². The van der Waals surface area contributed by atoms with Gasteiger partial charge in [0.15, 0.2) is 0 Å². The fraction of sp³-hybridized carbons (Fsp3) is 0.667. The first kappa shape index (κ1) is 25.7. The van der Waals surface area contributed by atoms with E-state index in [1.165, 1.54) is 4.31 Å². The average Bonchev–Trinajstić information content (AvgIpc) is 2.70. The number of aliphatic hydroxyl groups excluding tert-OH is 1. The Bertz CT molecular complexity index is 889. The average molecular weight is 451 g/mol. The molecule has 0 saturated carbocycles. The van der Waals surface area contributed by atoms with Crippen LogP contribution in [0.15, 0.2) is 23.1 Å². The van der Waals surface area contributed by atoms with Gasteiger partial charge in [-0.15, -0.1) is 0 Å². The lowest BCUT2D eigenvalue weighted by Crippen LogP contribution is -2.49. The minimum absolute atomic E-state index is 0.0492. The van der Waals surface area contributed by atoms with Crippen molar-refractivity contribution in [2.45, 2.75) is 64.5 Å². The third kappa shape index (κ3) is 6.69. The quantitative estimate of drug-likeness (QED) is 0.646. The molecule has 0 amide bonds. The van der Waals surface area contributed by atoms with Crippen LogP contribution >= 0.6 is 0 Å². The van der Waals surface area contributed by atoms with Gasteiger partial charge in [-0.25, -0.2) is 8.42 Å². The molecule has 2 rings (SSSR count). The monoisotopic (exact) mass is 450 g/mol. The van der Waals surface area contributed by atoms with Crippen molar-refractivity contribution in [3.8, 4) is 17.6 Å². The van der Waals surface area contributed by atoms with Crippen LogP contribution < -0.4 is 4.74 Å². The van der Waals surface area contributed by atoms with E-state index in [-0.39, 0.29) is 23.5 Å². The maximum atomic E-state index is 13.5. The molecule has 1 N–H and O–H groups in total. The van der Waals surface area contributed by atoms with E-state index in [9.17, 15) is 13.5 Å². The zero-order valence-electron chi connectivity index (χ0n) is 19.8. The number of rotatable bonds is 7. The Hall–Kier alpha value is -1.59. The third-order valence-corrected chi connectivity index (χ3v) is 7.53. The predicted octanol–water partition coefficient (Wildman–Crippen LogP) is 3.19. The van der Waals surface area contributed by atoms with E-state index in [4.69, 9.17) is 4.74 Å². The van der Waals surface area contributed by atoms with Crippen LogP contribution in [0.4, 0.5) is 0 Å². The van der Waals surface area contributed by atoms with E-state index in [0.717, 1.165) is 24.9 Å². The lowest BCUT2D eigenvalue weighted by atomic mass is 10.0. The number of sulfonamides is 1. The summed E-state index contributed by atoms with van der Waals surface area (Å²) >= 11 is 0. The lowest BCUT2D eigenvalue weighted by molar-refractivity contribution is 0.0752. The first-order chi connectivity index (χ1) is 14.6. The Labute approximate surface area is 188 Å². The number of nitrogens with zero attached hydrogens (tertiary/aromatic N) is 2. The van der Waals surface area contributed by atoms with Crippen LogP contribution in [0.25, 0.3) is 0 Å². The summed E-state index contributed by atoms with van der Waals surface area (Å²) in [5.74, 6) is 7.05. The lowest BCUT2D eigenvalue weighted by Gasteiger charge is -2.37. The highest BCUT2D eigenvalue weighted by atomic mass is 32.2.